The van der Waals surface area contributed by atoms with E-state index in [1.165, 1.54) is 29.5 Å². The van der Waals surface area contributed by atoms with Gasteiger partial charge in [-0.25, -0.2) is 0 Å². The van der Waals surface area contributed by atoms with E-state index in [1.54, 1.807) is 6.08 Å². The van der Waals surface area contributed by atoms with E-state index in [0.29, 0.717) is 0 Å². The summed E-state index contributed by atoms with van der Waals surface area (Å²) in [5, 5.41) is 0. The van der Waals surface area contributed by atoms with Gasteiger partial charge in [-0.3, -0.25) is 0 Å². The van der Waals surface area contributed by atoms with E-state index in [2.05, 4.69) is 64.3 Å². The van der Waals surface area contributed by atoms with Gasteiger partial charge in [0.05, 0.1) is 0 Å². The predicted octanol–water partition coefficient (Wildman–Crippen LogP) is 7.39. The monoisotopic (exact) mass is 298 g/mol. The first-order valence-electron chi connectivity index (χ1n) is 8.26. The van der Waals surface area contributed by atoms with Crippen LogP contribution in [0.25, 0.3) is 5.57 Å². The third kappa shape index (κ3) is 12.0. The molecule has 122 valence electrons. The molecule has 0 spiro atoms. The first kappa shape index (κ1) is 22.5. The summed E-state index contributed by atoms with van der Waals surface area (Å²) in [7, 11) is 0. The van der Waals surface area contributed by atoms with Crippen molar-refractivity contribution in [2.24, 2.45) is 0 Å². The van der Waals surface area contributed by atoms with Gasteiger partial charge in [-0.1, -0.05) is 94.8 Å². The second-order valence-electron chi connectivity index (χ2n) is 4.82. The summed E-state index contributed by atoms with van der Waals surface area (Å²) in [6, 6.07) is 8.67. The Balaban J connectivity index is 0. The third-order valence-electron chi connectivity index (χ3n) is 2.84. The highest BCUT2D eigenvalue weighted by Crippen LogP contribution is 2.17. The van der Waals surface area contributed by atoms with Gasteiger partial charge in [0, 0.05) is 0 Å². The molecule has 0 N–H and O–H groups in total. The van der Waals surface area contributed by atoms with Crippen molar-refractivity contribution in [3.63, 3.8) is 0 Å². The van der Waals surface area contributed by atoms with Gasteiger partial charge in [-0.05, 0) is 37.0 Å². The summed E-state index contributed by atoms with van der Waals surface area (Å²) in [6.45, 7) is 17.5. The minimum absolute atomic E-state index is 1.09. The summed E-state index contributed by atoms with van der Waals surface area (Å²) in [4.78, 5) is 0. The topological polar surface area (TPSA) is 0 Å². The fourth-order valence-electron chi connectivity index (χ4n) is 1.49. The van der Waals surface area contributed by atoms with Crippen molar-refractivity contribution < 1.29 is 0 Å². The molecule has 1 rings (SSSR count). The minimum atomic E-state index is 1.09. The van der Waals surface area contributed by atoms with Gasteiger partial charge < -0.3 is 0 Å². The number of rotatable bonds is 5. The lowest BCUT2D eigenvalue weighted by Gasteiger charge is -2.03. The highest BCUT2D eigenvalue weighted by Gasteiger charge is 1.96. The molecular formula is C22H34. The maximum Gasteiger partial charge on any atom is -0.0184 e. The van der Waals surface area contributed by atoms with E-state index in [1.807, 2.05) is 32.1 Å². The van der Waals surface area contributed by atoms with Gasteiger partial charge in [-0.15, -0.1) is 6.58 Å². The summed E-state index contributed by atoms with van der Waals surface area (Å²) in [5.74, 6) is 0. The van der Waals surface area contributed by atoms with Crippen LogP contribution in [0.1, 0.15) is 58.6 Å². The molecule has 0 nitrogen and oxygen atoms in total. The smallest absolute Gasteiger partial charge is 0.0184 e. The highest BCUT2D eigenvalue weighted by molar-refractivity contribution is 5.75. The van der Waals surface area contributed by atoms with Crippen LogP contribution in [0.3, 0.4) is 0 Å². The number of aryl methyl sites for hydroxylation is 1. The number of benzene rings is 1. The molecule has 0 saturated heterocycles. The van der Waals surface area contributed by atoms with Gasteiger partial charge >= 0.3 is 0 Å². The fourth-order valence-corrected chi connectivity index (χ4v) is 1.49. The van der Waals surface area contributed by atoms with Crippen molar-refractivity contribution >= 4 is 5.57 Å². The standard InChI is InChI=1S/C15H18.C4H10.C3H6/c1-4-7-14(8-5-2)15-11-9-13(6-3)10-12-15;1-3-4-2;1-3-2/h4-5,7-12H,1,6H2,2-3H3;3-4H2,1-2H3;3H,1H2,2H3/b8-5-,14-7+;;. The number of hydrogen-bond donors (Lipinski definition) is 0. The van der Waals surface area contributed by atoms with Gasteiger partial charge in [0.15, 0.2) is 0 Å². The first-order valence-corrected chi connectivity index (χ1v) is 8.26. The fraction of sp³-hybridized carbons (Fsp3) is 0.364. The Morgan fingerprint density at radius 2 is 1.45 bits per heavy atom. The van der Waals surface area contributed by atoms with E-state index < -0.39 is 0 Å². The highest BCUT2D eigenvalue weighted by atomic mass is 14.0. The molecule has 22 heavy (non-hydrogen) atoms. The lowest BCUT2D eigenvalue weighted by Crippen LogP contribution is -1.83. The Morgan fingerprint density at radius 3 is 1.77 bits per heavy atom. The number of allylic oxidation sites excluding steroid dienone is 6. The Bertz CT molecular complexity index is 428. The summed E-state index contributed by atoms with van der Waals surface area (Å²) in [5.41, 5.74) is 3.82. The predicted molar refractivity (Wildman–Crippen MR) is 105 cm³/mol. The maximum atomic E-state index is 3.73. The van der Waals surface area contributed by atoms with Crippen LogP contribution in [0.2, 0.25) is 0 Å². The Kier molecular flexibility index (Phi) is 17.6. The van der Waals surface area contributed by atoms with Gasteiger partial charge in [0.2, 0.25) is 0 Å². The second kappa shape index (κ2) is 17.2. The molecular weight excluding hydrogens is 264 g/mol. The molecule has 0 aliphatic heterocycles. The lowest BCUT2D eigenvalue weighted by atomic mass is 10.0. The maximum absolute atomic E-state index is 3.73. The van der Waals surface area contributed by atoms with Crippen LogP contribution >= 0.6 is 0 Å². The van der Waals surface area contributed by atoms with E-state index in [9.17, 15) is 0 Å². The number of unbranched alkanes of at least 4 members (excludes halogenated alkanes) is 1. The minimum Gasteiger partial charge on any atom is -0.103 e. The van der Waals surface area contributed by atoms with Crippen molar-refractivity contribution in [2.45, 2.75) is 53.9 Å². The number of hydrogen-bond acceptors (Lipinski definition) is 0. The van der Waals surface area contributed by atoms with Gasteiger partial charge in [0.1, 0.15) is 0 Å². The molecule has 0 aliphatic rings. The van der Waals surface area contributed by atoms with Crippen LogP contribution in [0.5, 0.6) is 0 Å². The van der Waals surface area contributed by atoms with Gasteiger partial charge in [-0.2, -0.15) is 0 Å². The van der Waals surface area contributed by atoms with E-state index >= 15 is 0 Å². The third-order valence-corrected chi connectivity index (χ3v) is 2.84. The molecule has 1 aromatic carbocycles. The van der Waals surface area contributed by atoms with Crippen molar-refractivity contribution in [2.75, 3.05) is 0 Å². The molecule has 0 heterocycles. The molecule has 0 unspecified atom stereocenters. The quantitative estimate of drug-likeness (QED) is 0.392. The van der Waals surface area contributed by atoms with Crippen molar-refractivity contribution in [3.8, 4) is 0 Å². The average molecular weight is 299 g/mol. The van der Waals surface area contributed by atoms with Crippen LogP contribution in [0.15, 0.2) is 67.8 Å². The molecule has 0 aromatic heterocycles. The zero-order valence-electron chi connectivity index (χ0n) is 15.2. The molecule has 0 radical (unpaired) electrons. The van der Waals surface area contributed by atoms with E-state index in [4.69, 9.17) is 0 Å². The average Bonchev–Trinajstić information content (AvgIpc) is 2.56. The van der Waals surface area contributed by atoms with Crippen molar-refractivity contribution in [3.05, 3.63) is 78.9 Å². The summed E-state index contributed by atoms with van der Waals surface area (Å²) in [6.07, 6.45) is 13.5. The van der Waals surface area contributed by atoms with Gasteiger partial charge in [0.25, 0.3) is 0 Å². The second-order valence-corrected chi connectivity index (χ2v) is 4.82. The molecule has 0 saturated carbocycles. The largest absolute Gasteiger partial charge is 0.103 e. The van der Waals surface area contributed by atoms with E-state index in [-0.39, 0.29) is 0 Å². The van der Waals surface area contributed by atoms with Crippen molar-refractivity contribution in [1.29, 1.82) is 0 Å². The Morgan fingerprint density at radius 1 is 0.955 bits per heavy atom. The summed E-state index contributed by atoms with van der Waals surface area (Å²) < 4.78 is 0. The first-order chi connectivity index (χ1) is 10.6. The normalized spacial score (nSPS) is 10.1. The zero-order chi connectivity index (χ0) is 17.2. The van der Waals surface area contributed by atoms with Crippen LogP contribution in [-0.4, -0.2) is 0 Å². The Labute approximate surface area is 139 Å². The van der Waals surface area contributed by atoms with Crippen LogP contribution in [0.4, 0.5) is 0 Å². The van der Waals surface area contributed by atoms with Crippen LogP contribution in [-0.2, 0) is 6.42 Å². The molecule has 0 aliphatic carbocycles. The summed E-state index contributed by atoms with van der Waals surface area (Å²) >= 11 is 0. The molecule has 0 bridgehead atoms. The molecule has 0 heteroatoms. The zero-order valence-corrected chi connectivity index (χ0v) is 15.2. The molecule has 0 fully saturated rings. The van der Waals surface area contributed by atoms with E-state index in [0.717, 1.165) is 6.42 Å². The SMILES string of the molecule is C=C/C=C(\C=C/C)c1ccc(CC)cc1.C=CC.CCCC. The molecule has 1 aromatic rings. The van der Waals surface area contributed by atoms with Crippen molar-refractivity contribution in [1.82, 2.24) is 0 Å². The van der Waals surface area contributed by atoms with Crippen LogP contribution < -0.4 is 0 Å². The molecule has 0 amide bonds. The Hall–Kier alpha value is -1.82. The lowest BCUT2D eigenvalue weighted by molar-refractivity contribution is 0.886. The van der Waals surface area contributed by atoms with Crippen LogP contribution in [0, 0.1) is 0 Å². The molecule has 0 atom stereocenters.